The zero-order valence-electron chi connectivity index (χ0n) is 13.6. The standard InChI is InChI=1S/C17H12ClF3N4O2/c18-10-5-6-12-14(9-10)23-24-25(16(12)27)8-7-22-15(26)11-3-1-2-4-13(11)17(19,20)21/h1-6,9H,7-8H2,(H,22,26). The van der Waals surface area contributed by atoms with Crippen molar-refractivity contribution in [3.8, 4) is 0 Å². The van der Waals surface area contributed by atoms with Crippen molar-refractivity contribution in [1.29, 1.82) is 0 Å². The molecule has 0 unspecified atom stereocenters. The molecule has 0 aliphatic carbocycles. The predicted octanol–water partition coefficient (Wildman–Crippen LogP) is 2.89. The van der Waals surface area contributed by atoms with E-state index in [0.717, 1.165) is 16.8 Å². The van der Waals surface area contributed by atoms with Gasteiger partial charge in [-0.05, 0) is 30.3 Å². The number of benzene rings is 2. The second-order valence-electron chi connectivity index (χ2n) is 5.58. The van der Waals surface area contributed by atoms with E-state index < -0.39 is 28.8 Å². The Morgan fingerprint density at radius 3 is 2.67 bits per heavy atom. The fourth-order valence-electron chi connectivity index (χ4n) is 2.50. The molecule has 1 aromatic heterocycles. The number of hydrogen-bond acceptors (Lipinski definition) is 4. The molecule has 1 heterocycles. The van der Waals surface area contributed by atoms with Crippen LogP contribution in [-0.2, 0) is 12.7 Å². The molecule has 0 atom stereocenters. The lowest BCUT2D eigenvalue weighted by atomic mass is 10.1. The molecule has 6 nitrogen and oxygen atoms in total. The molecule has 0 bridgehead atoms. The fourth-order valence-corrected chi connectivity index (χ4v) is 2.66. The number of carbonyl (C=O) groups excluding carboxylic acids is 1. The van der Waals surface area contributed by atoms with Crippen LogP contribution >= 0.6 is 11.6 Å². The van der Waals surface area contributed by atoms with Crippen LogP contribution in [0.15, 0.2) is 47.3 Å². The van der Waals surface area contributed by atoms with Gasteiger partial charge in [0.25, 0.3) is 11.5 Å². The molecule has 0 aliphatic rings. The van der Waals surface area contributed by atoms with Crippen LogP contribution in [0.1, 0.15) is 15.9 Å². The molecule has 1 amide bonds. The third-order valence-corrected chi connectivity index (χ3v) is 4.01. The van der Waals surface area contributed by atoms with Crippen LogP contribution < -0.4 is 10.9 Å². The molecule has 0 spiro atoms. The summed E-state index contributed by atoms with van der Waals surface area (Å²) in [6.07, 6.45) is -4.64. The summed E-state index contributed by atoms with van der Waals surface area (Å²) in [6, 6.07) is 9.00. The third-order valence-electron chi connectivity index (χ3n) is 3.77. The fraction of sp³-hybridized carbons (Fsp3) is 0.176. The molecular weight excluding hydrogens is 385 g/mol. The SMILES string of the molecule is O=C(NCCn1nnc2cc(Cl)ccc2c1=O)c1ccccc1C(F)(F)F. The minimum Gasteiger partial charge on any atom is -0.350 e. The minimum absolute atomic E-state index is 0.0513. The third kappa shape index (κ3) is 4.08. The van der Waals surface area contributed by atoms with E-state index in [9.17, 15) is 22.8 Å². The number of hydrogen-bond donors (Lipinski definition) is 1. The van der Waals surface area contributed by atoms with E-state index in [1.54, 1.807) is 0 Å². The van der Waals surface area contributed by atoms with E-state index in [2.05, 4.69) is 15.6 Å². The summed E-state index contributed by atoms with van der Waals surface area (Å²) in [6.45, 7) is -0.150. The maximum atomic E-state index is 13.0. The van der Waals surface area contributed by atoms with Gasteiger partial charge < -0.3 is 5.32 Å². The van der Waals surface area contributed by atoms with Crippen molar-refractivity contribution in [2.24, 2.45) is 0 Å². The van der Waals surface area contributed by atoms with Gasteiger partial charge in [-0.1, -0.05) is 28.9 Å². The van der Waals surface area contributed by atoms with Gasteiger partial charge >= 0.3 is 6.18 Å². The van der Waals surface area contributed by atoms with Crippen LogP contribution in [0.5, 0.6) is 0 Å². The first-order valence-corrected chi connectivity index (χ1v) is 8.12. The summed E-state index contributed by atoms with van der Waals surface area (Å²) in [5.41, 5.74) is -1.63. The van der Waals surface area contributed by atoms with Crippen molar-refractivity contribution < 1.29 is 18.0 Å². The molecule has 0 saturated carbocycles. The lowest BCUT2D eigenvalue weighted by Crippen LogP contribution is -2.33. The van der Waals surface area contributed by atoms with Crippen molar-refractivity contribution in [2.75, 3.05) is 6.54 Å². The number of carbonyl (C=O) groups is 1. The Labute approximate surface area is 155 Å². The average Bonchev–Trinajstić information content (AvgIpc) is 2.62. The van der Waals surface area contributed by atoms with Crippen molar-refractivity contribution >= 4 is 28.4 Å². The number of nitrogens with one attached hydrogen (secondary N) is 1. The topological polar surface area (TPSA) is 76.9 Å². The summed E-state index contributed by atoms with van der Waals surface area (Å²) in [7, 11) is 0. The second-order valence-corrected chi connectivity index (χ2v) is 6.01. The highest BCUT2D eigenvalue weighted by Crippen LogP contribution is 2.31. The van der Waals surface area contributed by atoms with E-state index in [1.807, 2.05) is 0 Å². The molecule has 2 aromatic carbocycles. The lowest BCUT2D eigenvalue weighted by molar-refractivity contribution is -0.137. The van der Waals surface area contributed by atoms with Crippen LogP contribution in [-0.4, -0.2) is 27.4 Å². The number of fused-ring (bicyclic) bond motifs is 1. The Bertz CT molecular complexity index is 1070. The van der Waals surface area contributed by atoms with Crippen molar-refractivity contribution in [1.82, 2.24) is 20.3 Å². The number of nitrogens with zero attached hydrogens (tertiary/aromatic N) is 3. The smallest absolute Gasteiger partial charge is 0.350 e. The molecule has 10 heteroatoms. The van der Waals surface area contributed by atoms with Crippen molar-refractivity contribution in [3.05, 3.63) is 69.0 Å². The van der Waals surface area contributed by atoms with Gasteiger partial charge in [-0.15, -0.1) is 5.10 Å². The van der Waals surface area contributed by atoms with Crippen LogP contribution in [0.2, 0.25) is 5.02 Å². The maximum absolute atomic E-state index is 13.0. The van der Waals surface area contributed by atoms with Crippen LogP contribution in [0.3, 0.4) is 0 Å². The van der Waals surface area contributed by atoms with Crippen LogP contribution in [0, 0.1) is 0 Å². The van der Waals surface area contributed by atoms with E-state index >= 15 is 0 Å². The average molecular weight is 397 g/mol. The lowest BCUT2D eigenvalue weighted by Gasteiger charge is -2.12. The molecule has 0 saturated heterocycles. The number of amides is 1. The number of aromatic nitrogens is 3. The molecule has 0 fully saturated rings. The molecule has 1 N–H and O–H groups in total. The van der Waals surface area contributed by atoms with Crippen molar-refractivity contribution in [2.45, 2.75) is 12.7 Å². The van der Waals surface area contributed by atoms with Gasteiger partial charge in [0.2, 0.25) is 0 Å². The first kappa shape index (κ1) is 18.8. The first-order valence-electron chi connectivity index (χ1n) is 7.75. The van der Waals surface area contributed by atoms with E-state index in [-0.39, 0.29) is 13.1 Å². The normalized spacial score (nSPS) is 11.6. The summed E-state index contributed by atoms with van der Waals surface area (Å²) < 4.78 is 39.9. The van der Waals surface area contributed by atoms with E-state index in [4.69, 9.17) is 11.6 Å². The highest BCUT2D eigenvalue weighted by molar-refractivity contribution is 6.31. The first-order chi connectivity index (χ1) is 12.8. The Hall–Kier alpha value is -2.94. The van der Waals surface area contributed by atoms with Gasteiger partial charge in [-0.2, -0.15) is 13.2 Å². The van der Waals surface area contributed by atoms with E-state index in [0.29, 0.717) is 15.9 Å². The Morgan fingerprint density at radius 2 is 1.93 bits per heavy atom. The van der Waals surface area contributed by atoms with Gasteiger partial charge in [0.15, 0.2) is 0 Å². The maximum Gasteiger partial charge on any atom is 0.417 e. The zero-order valence-corrected chi connectivity index (χ0v) is 14.4. The zero-order chi connectivity index (χ0) is 19.6. The Balaban J connectivity index is 1.73. The van der Waals surface area contributed by atoms with E-state index in [1.165, 1.54) is 30.3 Å². The van der Waals surface area contributed by atoms with Gasteiger partial charge in [0.1, 0.15) is 5.52 Å². The van der Waals surface area contributed by atoms with Gasteiger partial charge in [0.05, 0.1) is 23.1 Å². The van der Waals surface area contributed by atoms with Gasteiger partial charge in [0, 0.05) is 11.6 Å². The minimum atomic E-state index is -4.64. The summed E-state index contributed by atoms with van der Waals surface area (Å²) in [5, 5.41) is 10.7. The van der Waals surface area contributed by atoms with Crippen LogP contribution in [0.4, 0.5) is 13.2 Å². The highest BCUT2D eigenvalue weighted by Gasteiger charge is 2.34. The summed E-state index contributed by atoms with van der Waals surface area (Å²) in [4.78, 5) is 24.4. The summed E-state index contributed by atoms with van der Waals surface area (Å²) in [5.74, 6) is -0.892. The molecular formula is C17H12ClF3N4O2. The molecule has 27 heavy (non-hydrogen) atoms. The number of alkyl halides is 3. The van der Waals surface area contributed by atoms with Gasteiger partial charge in [-0.25, -0.2) is 4.68 Å². The van der Waals surface area contributed by atoms with Gasteiger partial charge in [-0.3, -0.25) is 9.59 Å². The second kappa shape index (κ2) is 7.36. The molecule has 3 rings (SSSR count). The highest BCUT2D eigenvalue weighted by atomic mass is 35.5. The quantitative estimate of drug-likeness (QED) is 0.735. The Kier molecular flexibility index (Phi) is 5.13. The molecule has 140 valence electrons. The molecule has 3 aromatic rings. The summed E-state index contributed by atoms with van der Waals surface area (Å²) >= 11 is 5.83. The Morgan fingerprint density at radius 1 is 1.19 bits per heavy atom. The number of rotatable bonds is 4. The number of halogens is 4. The van der Waals surface area contributed by atoms with Crippen molar-refractivity contribution in [3.63, 3.8) is 0 Å². The largest absolute Gasteiger partial charge is 0.417 e. The predicted molar refractivity (Wildman–Crippen MR) is 92.6 cm³/mol. The van der Waals surface area contributed by atoms with Crippen LogP contribution in [0.25, 0.3) is 10.9 Å². The molecule has 0 radical (unpaired) electrons. The molecule has 0 aliphatic heterocycles. The monoisotopic (exact) mass is 396 g/mol.